The molecule has 2 aliphatic rings. The van der Waals surface area contributed by atoms with Crippen LogP contribution in [0, 0.1) is 0 Å². The summed E-state index contributed by atoms with van der Waals surface area (Å²) in [6, 6.07) is 8.26. The summed E-state index contributed by atoms with van der Waals surface area (Å²) in [5, 5.41) is 10.5. The van der Waals surface area contributed by atoms with Gasteiger partial charge in [0.2, 0.25) is 5.91 Å². The number of H-pyrrole nitrogens is 1. The van der Waals surface area contributed by atoms with E-state index in [9.17, 15) is 4.79 Å². The molecule has 0 spiro atoms. The molecular formula is C16H17N3OS. The second kappa shape index (κ2) is 5.22. The maximum Gasteiger partial charge on any atom is 0.234 e. The van der Waals surface area contributed by atoms with E-state index in [0.29, 0.717) is 6.54 Å². The molecule has 1 aromatic heterocycles. The number of nitrogens with zero attached hydrogens (tertiary/aromatic N) is 1. The number of aryl methyl sites for hydroxylation is 1. The van der Waals surface area contributed by atoms with Gasteiger partial charge in [-0.1, -0.05) is 18.2 Å². The van der Waals surface area contributed by atoms with E-state index in [4.69, 9.17) is 0 Å². The summed E-state index contributed by atoms with van der Waals surface area (Å²) in [6.07, 6.45) is 4.19. The molecule has 1 aliphatic carbocycles. The van der Waals surface area contributed by atoms with Crippen molar-refractivity contribution in [1.29, 1.82) is 0 Å². The Balaban J connectivity index is 1.39. The van der Waals surface area contributed by atoms with Crippen LogP contribution in [-0.4, -0.2) is 21.4 Å². The van der Waals surface area contributed by atoms with Crippen LogP contribution in [0.1, 0.15) is 28.9 Å². The lowest BCUT2D eigenvalue weighted by Crippen LogP contribution is -2.32. The van der Waals surface area contributed by atoms with Gasteiger partial charge in [-0.05, 0) is 42.9 Å². The summed E-state index contributed by atoms with van der Waals surface area (Å²) in [5.74, 6) is 0.117. The fourth-order valence-electron chi connectivity index (χ4n) is 3.15. The molecule has 1 aliphatic heterocycles. The standard InChI is InChI=1S/C16H17N3OS/c20-16(15-8-10-4-1-2-7-14(10)21-15)17-9-13-11-5-3-6-12(11)18-19-13/h1-2,4,7,15H,3,5-6,8-9H2,(H,17,20)(H,18,19)/t15-/m0/s1. The Morgan fingerprint density at radius 1 is 1.38 bits per heavy atom. The minimum absolute atomic E-state index is 0.00519. The van der Waals surface area contributed by atoms with Crippen LogP contribution < -0.4 is 5.32 Å². The molecule has 108 valence electrons. The molecule has 2 heterocycles. The second-order valence-corrected chi connectivity index (χ2v) is 6.86. The zero-order valence-corrected chi connectivity index (χ0v) is 12.5. The van der Waals surface area contributed by atoms with Gasteiger partial charge in [-0.2, -0.15) is 5.10 Å². The Kier molecular flexibility index (Phi) is 3.22. The Labute approximate surface area is 127 Å². The van der Waals surface area contributed by atoms with Crippen LogP contribution >= 0.6 is 11.8 Å². The Hall–Kier alpha value is -1.75. The van der Waals surface area contributed by atoms with Crippen molar-refractivity contribution < 1.29 is 4.79 Å². The van der Waals surface area contributed by atoms with Crippen LogP contribution in [0.5, 0.6) is 0 Å². The van der Waals surface area contributed by atoms with Crippen LogP contribution in [-0.2, 0) is 30.6 Å². The molecule has 1 aromatic carbocycles. The largest absolute Gasteiger partial charge is 0.349 e. The van der Waals surface area contributed by atoms with Crippen molar-refractivity contribution in [3.05, 3.63) is 46.8 Å². The summed E-state index contributed by atoms with van der Waals surface area (Å²) >= 11 is 1.67. The van der Waals surface area contributed by atoms with E-state index < -0.39 is 0 Å². The van der Waals surface area contributed by atoms with E-state index in [1.807, 2.05) is 12.1 Å². The SMILES string of the molecule is O=C(NCc1n[nH]c2c1CCC2)[C@@H]1Cc2ccccc2S1. The molecule has 4 rings (SSSR count). The fraction of sp³-hybridized carbons (Fsp3) is 0.375. The van der Waals surface area contributed by atoms with Crippen molar-refractivity contribution in [3.8, 4) is 0 Å². The molecule has 2 N–H and O–H groups in total. The molecular weight excluding hydrogens is 282 g/mol. The maximum atomic E-state index is 12.3. The van der Waals surface area contributed by atoms with Gasteiger partial charge in [-0.25, -0.2) is 0 Å². The fourth-order valence-corrected chi connectivity index (χ4v) is 4.37. The van der Waals surface area contributed by atoms with Crippen molar-refractivity contribution in [2.45, 2.75) is 42.4 Å². The van der Waals surface area contributed by atoms with E-state index in [0.717, 1.165) is 25.0 Å². The average Bonchev–Trinajstić information content (AvgIpc) is 3.19. The van der Waals surface area contributed by atoms with Crippen molar-refractivity contribution in [1.82, 2.24) is 15.5 Å². The normalized spacial score (nSPS) is 19.3. The number of carbonyl (C=O) groups is 1. The highest BCUT2D eigenvalue weighted by Gasteiger charge is 2.28. The smallest absolute Gasteiger partial charge is 0.234 e. The molecule has 21 heavy (non-hydrogen) atoms. The van der Waals surface area contributed by atoms with Crippen LogP contribution in [0.15, 0.2) is 29.2 Å². The first-order valence-corrected chi connectivity index (χ1v) is 8.26. The van der Waals surface area contributed by atoms with Gasteiger partial charge in [-0.15, -0.1) is 11.8 Å². The third-order valence-electron chi connectivity index (χ3n) is 4.26. The van der Waals surface area contributed by atoms with E-state index >= 15 is 0 Å². The Morgan fingerprint density at radius 3 is 3.19 bits per heavy atom. The van der Waals surface area contributed by atoms with E-state index in [2.05, 4.69) is 27.6 Å². The van der Waals surface area contributed by atoms with Crippen LogP contribution in [0.25, 0.3) is 0 Å². The van der Waals surface area contributed by atoms with Crippen molar-refractivity contribution >= 4 is 17.7 Å². The number of nitrogens with one attached hydrogen (secondary N) is 2. The first kappa shape index (κ1) is 13.0. The zero-order valence-electron chi connectivity index (χ0n) is 11.7. The van der Waals surface area contributed by atoms with Gasteiger partial charge in [0.15, 0.2) is 0 Å². The number of carbonyl (C=O) groups excluding carboxylic acids is 1. The molecule has 0 fully saturated rings. The summed E-state index contributed by atoms with van der Waals surface area (Å²) < 4.78 is 0. The van der Waals surface area contributed by atoms with Gasteiger partial charge >= 0.3 is 0 Å². The number of rotatable bonds is 3. The number of aromatic amines is 1. The number of hydrogen-bond donors (Lipinski definition) is 2. The van der Waals surface area contributed by atoms with Gasteiger partial charge in [0.25, 0.3) is 0 Å². The van der Waals surface area contributed by atoms with Crippen molar-refractivity contribution in [2.24, 2.45) is 0 Å². The van der Waals surface area contributed by atoms with E-state index in [-0.39, 0.29) is 11.2 Å². The molecule has 1 atom stereocenters. The molecule has 0 radical (unpaired) electrons. The Bertz CT molecular complexity index is 670. The first-order valence-electron chi connectivity index (χ1n) is 7.38. The first-order chi connectivity index (χ1) is 10.3. The van der Waals surface area contributed by atoms with E-state index in [1.165, 1.54) is 28.1 Å². The zero-order chi connectivity index (χ0) is 14.2. The molecule has 0 saturated heterocycles. The van der Waals surface area contributed by atoms with Gasteiger partial charge < -0.3 is 5.32 Å². The van der Waals surface area contributed by atoms with Crippen LogP contribution in [0.3, 0.4) is 0 Å². The van der Waals surface area contributed by atoms with Gasteiger partial charge in [0, 0.05) is 10.6 Å². The number of fused-ring (bicyclic) bond motifs is 2. The number of hydrogen-bond acceptors (Lipinski definition) is 3. The Morgan fingerprint density at radius 2 is 2.29 bits per heavy atom. The van der Waals surface area contributed by atoms with Gasteiger partial charge in [-0.3, -0.25) is 9.89 Å². The topological polar surface area (TPSA) is 57.8 Å². The lowest BCUT2D eigenvalue weighted by atomic mass is 10.1. The monoisotopic (exact) mass is 299 g/mol. The lowest BCUT2D eigenvalue weighted by Gasteiger charge is -2.09. The highest BCUT2D eigenvalue weighted by atomic mass is 32.2. The summed E-state index contributed by atoms with van der Waals surface area (Å²) in [6.45, 7) is 0.540. The number of benzene rings is 1. The highest BCUT2D eigenvalue weighted by molar-refractivity contribution is 8.01. The quantitative estimate of drug-likeness (QED) is 0.914. The van der Waals surface area contributed by atoms with Crippen molar-refractivity contribution in [3.63, 3.8) is 0 Å². The van der Waals surface area contributed by atoms with Crippen LogP contribution in [0.4, 0.5) is 0 Å². The van der Waals surface area contributed by atoms with E-state index in [1.54, 1.807) is 11.8 Å². The predicted octanol–water partition coefficient (Wildman–Crippen LogP) is 2.23. The maximum absolute atomic E-state index is 12.3. The van der Waals surface area contributed by atoms with Crippen molar-refractivity contribution in [2.75, 3.05) is 0 Å². The molecule has 2 aromatic rings. The molecule has 4 nitrogen and oxygen atoms in total. The lowest BCUT2D eigenvalue weighted by molar-refractivity contribution is -0.120. The predicted molar refractivity (Wildman–Crippen MR) is 82.3 cm³/mol. The average molecular weight is 299 g/mol. The summed E-state index contributed by atoms with van der Waals surface area (Å²) in [5.41, 5.74) is 4.86. The molecule has 0 saturated carbocycles. The third kappa shape index (κ3) is 2.35. The molecule has 5 heteroatoms. The summed E-state index contributed by atoms with van der Waals surface area (Å²) in [4.78, 5) is 13.6. The van der Waals surface area contributed by atoms with Crippen LogP contribution in [0.2, 0.25) is 0 Å². The summed E-state index contributed by atoms with van der Waals surface area (Å²) in [7, 11) is 0. The molecule has 0 bridgehead atoms. The molecule has 0 unspecified atom stereocenters. The second-order valence-electron chi connectivity index (χ2n) is 5.62. The third-order valence-corrected chi connectivity index (χ3v) is 5.58. The number of aromatic nitrogens is 2. The number of thioether (sulfide) groups is 1. The number of amides is 1. The molecule has 1 amide bonds. The van der Waals surface area contributed by atoms with Gasteiger partial charge in [0.1, 0.15) is 0 Å². The van der Waals surface area contributed by atoms with Gasteiger partial charge in [0.05, 0.1) is 17.5 Å². The minimum atomic E-state index is -0.00519. The minimum Gasteiger partial charge on any atom is -0.349 e. The highest BCUT2D eigenvalue weighted by Crippen LogP contribution is 2.36.